The lowest BCUT2D eigenvalue weighted by Crippen LogP contribution is -2.16. The predicted molar refractivity (Wildman–Crippen MR) is 86.8 cm³/mol. The number of hydrogen-bond acceptors (Lipinski definition) is 3. The van der Waals surface area contributed by atoms with Crippen LogP contribution in [0.1, 0.15) is 22.0 Å². The topological polar surface area (TPSA) is 12.0 Å². The van der Waals surface area contributed by atoms with Gasteiger partial charge in [-0.2, -0.15) is 0 Å². The Bertz CT molecular complexity index is 685. The molecular formula is C15H14ClNS2. The van der Waals surface area contributed by atoms with Crippen LogP contribution in [0.4, 0.5) is 0 Å². The summed E-state index contributed by atoms with van der Waals surface area (Å²) in [5.74, 6) is 0. The number of hydrogen-bond donors (Lipinski definition) is 1. The van der Waals surface area contributed by atoms with Crippen LogP contribution in [0, 0.1) is 6.92 Å². The smallest absolute Gasteiger partial charge is 0.0669 e. The van der Waals surface area contributed by atoms with Gasteiger partial charge in [-0.05, 0) is 48.7 Å². The van der Waals surface area contributed by atoms with Gasteiger partial charge in [0, 0.05) is 19.3 Å². The van der Waals surface area contributed by atoms with Gasteiger partial charge in [0.1, 0.15) is 0 Å². The van der Waals surface area contributed by atoms with Crippen LogP contribution in [0.5, 0.6) is 0 Å². The highest BCUT2D eigenvalue weighted by Crippen LogP contribution is 2.36. The maximum atomic E-state index is 6.24. The van der Waals surface area contributed by atoms with E-state index in [2.05, 4.69) is 41.0 Å². The van der Waals surface area contributed by atoms with E-state index in [4.69, 9.17) is 11.6 Å². The van der Waals surface area contributed by atoms with E-state index in [1.165, 1.54) is 19.8 Å². The van der Waals surface area contributed by atoms with Gasteiger partial charge < -0.3 is 5.32 Å². The minimum absolute atomic E-state index is 0.211. The first-order valence-corrected chi connectivity index (χ1v) is 8.16. The SMILES string of the molecule is CNC(c1ccc(C)c(Cl)c1)c1cc2sccc2s1. The second-order valence-electron chi connectivity index (χ2n) is 4.53. The molecule has 0 aliphatic heterocycles. The number of halogens is 1. The number of thiophene rings is 2. The zero-order chi connectivity index (χ0) is 13.4. The van der Waals surface area contributed by atoms with Gasteiger partial charge in [-0.1, -0.05) is 23.7 Å². The molecule has 0 saturated heterocycles. The van der Waals surface area contributed by atoms with Crippen LogP contribution < -0.4 is 5.32 Å². The van der Waals surface area contributed by atoms with Gasteiger partial charge in [-0.25, -0.2) is 0 Å². The number of aryl methyl sites for hydroxylation is 1. The molecule has 1 N–H and O–H groups in total. The van der Waals surface area contributed by atoms with Crippen LogP contribution in [0.2, 0.25) is 5.02 Å². The molecule has 1 unspecified atom stereocenters. The highest BCUT2D eigenvalue weighted by atomic mass is 35.5. The fourth-order valence-corrected chi connectivity index (χ4v) is 4.64. The molecule has 1 aromatic carbocycles. The molecule has 19 heavy (non-hydrogen) atoms. The molecule has 0 saturated carbocycles. The first kappa shape index (κ1) is 13.1. The monoisotopic (exact) mass is 307 g/mol. The zero-order valence-electron chi connectivity index (χ0n) is 10.7. The Morgan fingerprint density at radius 1 is 1.16 bits per heavy atom. The maximum absolute atomic E-state index is 6.24. The van der Waals surface area contributed by atoms with Gasteiger partial charge in [0.05, 0.1) is 6.04 Å². The molecule has 4 heteroatoms. The number of fused-ring (bicyclic) bond motifs is 1. The van der Waals surface area contributed by atoms with E-state index in [0.717, 1.165) is 10.6 Å². The minimum atomic E-state index is 0.211. The van der Waals surface area contributed by atoms with Crippen molar-refractivity contribution in [1.29, 1.82) is 0 Å². The number of nitrogens with one attached hydrogen (secondary N) is 1. The Balaban J connectivity index is 2.03. The molecule has 3 aromatic rings. The van der Waals surface area contributed by atoms with Crippen LogP contribution in [-0.2, 0) is 0 Å². The average molecular weight is 308 g/mol. The van der Waals surface area contributed by atoms with Gasteiger partial charge in [-0.3, -0.25) is 0 Å². The Labute approximate surface area is 125 Å². The van der Waals surface area contributed by atoms with Gasteiger partial charge in [0.2, 0.25) is 0 Å². The highest BCUT2D eigenvalue weighted by Gasteiger charge is 2.16. The van der Waals surface area contributed by atoms with Crippen molar-refractivity contribution >= 4 is 43.7 Å². The molecule has 0 bridgehead atoms. The molecule has 0 spiro atoms. The van der Waals surface area contributed by atoms with Crippen molar-refractivity contribution in [1.82, 2.24) is 5.32 Å². The van der Waals surface area contributed by atoms with Crippen molar-refractivity contribution in [2.45, 2.75) is 13.0 Å². The molecule has 3 rings (SSSR count). The third kappa shape index (κ3) is 2.43. The zero-order valence-corrected chi connectivity index (χ0v) is 13.1. The summed E-state index contributed by atoms with van der Waals surface area (Å²) in [5.41, 5.74) is 2.33. The second kappa shape index (κ2) is 5.25. The molecule has 1 nitrogen and oxygen atoms in total. The summed E-state index contributed by atoms with van der Waals surface area (Å²) in [6, 6.07) is 11.0. The summed E-state index contributed by atoms with van der Waals surface area (Å²) in [4.78, 5) is 1.34. The fraction of sp³-hybridized carbons (Fsp3) is 0.200. The van der Waals surface area contributed by atoms with Gasteiger partial charge in [-0.15, -0.1) is 22.7 Å². The van der Waals surface area contributed by atoms with Crippen molar-refractivity contribution < 1.29 is 0 Å². The minimum Gasteiger partial charge on any atom is -0.309 e. The first-order chi connectivity index (χ1) is 9.19. The molecule has 0 fully saturated rings. The Morgan fingerprint density at radius 2 is 2.00 bits per heavy atom. The molecule has 0 radical (unpaired) electrons. The first-order valence-electron chi connectivity index (χ1n) is 6.09. The third-order valence-corrected chi connectivity index (χ3v) is 5.83. The van der Waals surface area contributed by atoms with Crippen LogP contribution in [0.15, 0.2) is 35.7 Å². The lowest BCUT2D eigenvalue weighted by atomic mass is 10.0. The summed E-state index contributed by atoms with van der Waals surface area (Å²) in [6.45, 7) is 2.03. The predicted octanol–water partition coefficient (Wildman–Crippen LogP) is 5.23. The quantitative estimate of drug-likeness (QED) is 0.698. The average Bonchev–Trinajstić information content (AvgIpc) is 2.95. The molecule has 1 atom stereocenters. The second-order valence-corrected chi connectivity index (χ2v) is 7.00. The van der Waals surface area contributed by atoms with Crippen molar-refractivity contribution in [2.75, 3.05) is 7.05 Å². The molecule has 2 heterocycles. The van der Waals surface area contributed by atoms with E-state index in [0.29, 0.717) is 0 Å². The molecule has 2 aromatic heterocycles. The van der Waals surface area contributed by atoms with E-state index in [1.807, 2.05) is 25.3 Å². The van der Waals surface area contributed by atoms with E-state index in [9.17, 15) is 0 Å². The summed E-state index contributed by atoms with van der Waals surface area (Å²) in [6.07, 6.45) is 0. The van der Waals surface area contributed by atoms with E-state index < -0.39 is 0 Å². The van der Waals surface area contributed by atoms with E-state index in [1.54, 1.807) is 11.3 Å². The molecule has 0 aliphatic rings. The van der Waals surface area contributed by atoms with E-state index in [-0.39, 0.29) is 6.04 Å². The van der Waals surface area contributed by atoms with E-state index >= 15 is 0 Å². The molecule has 0 amide bonds. The highest BCUT2D eigenvalue weighted by molar-refractivity contribution is 7.27. The van der Waals surface area contributed by atoms with Crippen LogP contribution in [0.3, 0.4) is 0 Å². The van der Waals surface area contributed by atoms with Crippen LogP contribution in [0.25, 0.3) is 9.40 Å². The lowest BCUT2D eigenvalue weighted by Gasteiger charge is -2.15. The molecule has 98 valence electrons. The van der Waals surface area contributed by atoms with Crippen molar-refractivity contribution in [3.63, 3.8) is 0 Å². The Morgan fingerprint density at radius 3 is 2.68 bits per heavy atom. The Hall–Kier alpha value is -0.870. The molecule has 0 aliphatic carbocycles. The lowest BCUT2D eigenvalue weighted by molar-refractivity contribution is 0.704. The van der Waals surface area contributed by atoms with Gasteiger partial charge in [0.25, 0.3) is 0 Å². The third-order valence-electron chi connectivity index (χ3n) is 3.26. The normalized spacial score (nSPS) is 13.0. The van der Waals surface area contributed by atoms with Crippen molar-refractivity contribution in [2.24, 2.45) is 0 Å². The number of rotatable bonds is 3. The standard InChI is InChI=1S/C15H14ClNS2/c1-9-3-4-10(7-11(9)16)15(17-2)14-8-13-12(19-14)5-6-18-13/h3-8,15,17H,1-2H3. The largest absolute Gasteiger partial charge is 0.309 e. The van der Waals surface area contributed by atoms with Crippen molar-refractivity contribution in [3.05, 3.63) is 56.7 Å². The fourth-order valence-electron chi connectivity index (χ4n) is 2.19. The Kier molecular flexibility index (Phi) is 3.63. The van der Waals surface area contributed by atoms with Crippen LogP contribution >= 0.6 is 34.3 Å². The van der Waals surface area contributed by atoms with Gasteiger partial charge >= 0.3 is 0 Å². The van der Waals surface area contributed by atoms with Gasteiger partial charge in [0.15, 0.2) is 0 Å². The number of benzene rings is 1. The summed E-state index contributed by atoms with van der Waals surface area (Å²) >= 11 is 9.88. The van der Waals surface area contributed by atoms with Crippen LogP contribution in [-0.4, -0.2) is 7.05 Å². The summed E-state index contributed by atoms with van der Waals surface area (Å²) in [7, 11) is 1.99. The summed E-state index contributed by atoms with van der Waals surface area (Å²) in [5, 5.41) is 6.36. The van der Waals surface area contributed by atoms with Crippen molar-refractivity contribution in [3.8, 4) is 0 Å². The summed E-state index contributed by atoms with van der Waals surface area (Å²) < 4.78 is 2.72. The maximum Gasteiger partial charge on any atom is 0.0669 e. The molecular weight excluding hydrogens is 294 g/mol.